The van der Waals surface area contributed by atoms with E-state index in [1.54, 1.807) is 0 Å². The SMILES string of the molecule is O=C(COC(=O)COc1cccc(F)c1)Nc1ccc(Cl)cc1[N+](=O)[O-]. The van der Waals surface area contributed by atoms with Gasteiger partial charge in [0.2, 0.25) is 0 Å². The maximum Gasteiger partial charge on any atom is 0.344 e. The lowest BCUT2D eigenvalue weighted by molar-refractivity contribution is -0.383. The van der Waals surface area contributed by atoms with E-state index in [1.807, 2.05) is 0 Å². The van der Waals surface area contributed by atoms with Crippen molar-refractivity contribution >= 4 is 34.9 Å². The first-order chi connectivity index (χ1) is 12.3. The Morgan fingerprint density at radius 1 is 1.19 bits per heavy atom. The van der Waals surface area contributed by atoms with Gasteiger partial charge in [0.25, 0.3) is 11.6 Å². The Labute approximate surface area is 151 Å². The van der Waals surface area contributed by atoms with Crippen LogP contribution in [0.3, 0.4) is 0 Å². The zero-order valence-corrected chi connectivity index (χ0v) is 13.9. The molecule has 2 aromatic carbocycles. The number of halogens is 2. The molecule has 0 saturated heterocycles. The van der Waals surface area contributed by atoms with E-state index < -0.39 is 41.5 Å². The van der Waals surface area contributed by atoms with E-state index in [4.69, 9.17) is 16.3 Å². The largest absolute Gasteiger partial charge is 0.482 e. The van der Waals surface area contributed by atoms with Gasteiger partial charge in [-0.2, -0.15) is 0 Å². The van der Waals surface area contributed by atoms with Crippen LogP contribution in [0.5, 0.6) is 5.75 Å². The maximum atomic E-state index is 13.0. The Balaban J connectivity index is 1.83. The highest BCUT2D eigenvalue weighted by Crippen LogP contribution is 2.27. The van der Waals surface area contributed by atoms with E-state index in [0.717, 1.165) is 12.1 Å². The van der Waals surface area contributed by atoms with Crippen molar-refractivity contribution in [3.63, 3.8) is 0 Å². The van der Waals surface area contributed by atoms with Crippen molar-refractivity contribution in [3.8, 4) is 5.75 Å². The second kappa shape index (κ2) is 8.77. The zero-order chi connectivity index (χ0) is 19.1. The Hall–Kier alpha value is -3.20. The highest BCUT2D eigenvalue weighted by atomic mass is 35.5. The normalized spacial score (nSPS) is 10.1. The van der Waals surface area contributed by atoms with Crippen LogP contribution in [0.2, 0.25) is 5.02 Å². The van der Waals surface area contributed by atoms with Gasteiger partial charge < -0.3 is 14.8 Å². The third-order valence-electron chi connectivity index (χ3n) is 2.95. The molecule has 0 unspecified atom stereocenters. The van der Waals surface area contributed by atoms with Crippen LogP contribution in [0.4, 0.5) is 15.8 Å². The van der Waals surface area contributed by atoms with Crippen LogP contribution in [0.1, 0.15) is 0 Å². The summed E-state index contributed by atoms with van der Waals surface area (Å²) in [7, 11) is 0. The van der Waals surface area contributed by atoms with E-state index >= 15 is 0 Å². The molecule has 26 heavy (non-hydrogen) atoms. The van der Waals surface area contributed by atoms with Crippen LogP contribution in [0, 0.1) is 15.9 Å². The molecule has 0 aromatic heterocycles. The molecule has 2 rings (SSSR count). The molecule has 1 N–H and O–H groups in total. The van der Waals surface area contributed by atoms with E-state index in [2.05, 4.69) is 10.1 Å². The van der Waals surface area contributed by atoms with Gasteiger partial charge in [0.05, 0.1) is 4.92 Å². The number of carbonyl (C=O) groups excluding carboxylic acids is 2. The van der Waals surface area contributed by atoms with Crippen LogP contribution >= 0.6 is 11.6 Å². The number of carbonyl (C=O) groups is 2. The molecule has 0 aliphatic rings. The highest BCUT2D eigenvalue weighted by Gasteiger charge is 2.17. The van der Waals surface area contributed by atoms with E-state index in [9.17, 15) is 24.1 Å². The summed E-state index contributed by atoms with van der Waals surface area (Å²) >= 11 is 5.67. The lowest BCUT2D eigenvalue weighted by atomic mass is 10.2. The Bertz CT molecular complexity index is 845. The summed E-state index contributed by atoms with van der Waals surface area (Å²) in [6.45, 7) is -1.21. The average molecular weight is 383 g/mol. The Morgan fingerprint density at radius 2 is 1.96 bits per heavy atom. The number of nitro groups is 1. The molecule has 0 bridgehead atoms. The van der Waals surface area contributed by atoms with Crippen LogP contribution in [-0.4, -0.2) is 30.0 Å². The third-order valence-corrected chi connectivity index (χ3v) is 3.18. The van der Waals surface area contributed by atoms with Gasteiger partial charge in [-0.25, -0.2) is 9.18 Å². The van der Waals surface area contributed by atoms with Gasteiger partial charge in [-0.1, -0.05) is 17.7 Å². The summed E-state index contributed by atoms with van der Waals surface area (Å²) in [5.41, 5.74) is -0.483. The molecule has 136 valence electrons. The summed E-state index contributed by atoms with van der Waals surface area (Å²) in [6, 6.07) is 8.85. The molecule has 2 aromatic rings. The number of nitrogens with zero attached hydrogens (tertiary/aromatic N) is 1. The number of amides is 1. The predicted octanol–water partition coefficient (Wildman–Crippen LogP) is 2.95. The average Bonchev–Trinajstić information content (AvgIpc) is 2.59. The van der Waals surface area contributed by atoms with Gasteiger partial charge in [-0.15, -0.1) is 0 Å². The second-order valence-corrected chi connectivity index (χ2v) is 5.31. The first kappa shape index (κ1) is 19.1. The molecule has 0 aliphatic carbocycles. The molecular formula is C16H12ClFN2O6. The number of hydrogen-bond donors (Lipinski definition) is 1. The zero-order valence-electron chi connectivity index (χ0n) is 13.1. The van der Waals surface area contributed by atoms with Crippen LogP contribution in [-0.2, 0) is 14.3 Å². The maximum absolute atomic E-state index is 13.0. The highest BCUT2D eigenvalue weighted by molar-refractivity contribution is 6.31. The first-order valence-electron chi connectivity index (χ1n) is 7.13. The van der Waals surface area contributed by atoms with Crippen molar-refractivity contribution in [2.75, 3.05) is 18.5 Å². The van der Waals surface area contributed by atoms with Crippen LogP contribution in [0.15, 0.2) is 42.5 Å². The van der Waals surface area contributed by atoms with Gasteiger partial charge in [0, 0.05) is 17.2 Å². The topological polar surface area (TPSA) is 108 Å². The number of benzene rings is 2. The summed E-state index contributed by atoms with van der Waals surface area (Å²) in [4.78, 5) is 33.5. The number of ether oxygens (including phenoxy) is 2. The number of nitrogens with one attached hydrogen (secondary N) is 1. The Morgan fingerprint density at radius 3 is 2.65 bits per heavy atom. The molecule has 0 aliphatic heterocycles. The molecule has 0 atom stereocenters. The fourth-order valence-corrected chi connectivity index (χ4v) is 2.00. The van der Waals surface area contributed by atoms with Crippen molar-refractivity contribution in [1.29, 1.82) is 0 Å². The molecular weight excluding hydrogens is 371 g/mol. The molecule has 0 heterocycles. The van der Waals surface area contributed by atoms with Crippen molar-refractivity contribution in [2.45, 2.75) is 0 Å². The summed E-state index contributed by atoms with van der Waals surface area (Å²) in [5, 5.41) is 13.3. The van der Waals surface area contributed by atoms with Crippen molar-refractivity contribution < 1.29 is 28.4 Å². The quantitative estimate of drug-likeness (QED) is 0.448. The number of rotatable bonds is 7. The van der Waals surface area contributed by atoms with Crippen LogP contribution in [0.25, 0.3) is 0 Å². The minimum Gasteiger partial charge on any atom is -0.482 e. The molecule has 10 heteroatoms. The molecule has 0 spiro atoms. The molecule has 0 saturated carbocycles. The lowest BCUT2D eigenvalue weighted by Gasteiger charge is -2.08. The fraction of sp³-hybridized carbons (Fsp3) is 0.125. The van der Waals surface area contributed by atoms with Crippen molar-refractivity contribution in [3.05, 3.63) is 63.4 Å². The lowest BCUT2D eigenvalue weighted by Crippen LogP contribution is -2.24. The summed E-state index contributed by atoms with van der Waals surface area (Å²) in [5.74, 6) is -2.05. The minimum absolute atomic E-state index is 0.0866. The number of nitro benzene ring substituents is 1. The van der Waals surface area contributed by atoms with Crippen LogP contribution < -0.4 is 10.1 Å². The summed E-state index contributed by atoms with van der Waals surface area (Å²) < 4.78 is 22.7. The van der Waals surface area contributed by atoms with E-state index in [1.165, 1.54) is 30.3 Å². The van der Waals surface area contributed by atoms with Gasteiger partial charge in [0.15, 0.2) is 13.2 Å². The van der Waals surface area contributed by atoms with Gasteiger partial charge in [-0.05, 0) is 24.3 Å². The van der Waals surface area contributed by atoms with Crippen molar-refractivity contribution in [2.24, 2.45) is 0 Å². The van der Waals surface area contributed by atoms with Gasteiger partial charge in [0.1, 0.15) is 17.3 Å². The number of anilines is 1. The number of hydrogen-bond acceptors (Lipinski definition) is 6. The van der Waals surface area contributed by atoms with E-state index in [-0.39, 0.29) is 16.5 Å². The minimum atomic E-state index is -0.866. The van der Waals surface area contributed by atoms with Gasteiger partial charge in [-0.3, -0.25) is 14.9 Å². The Kier molecular flexibility index (Phi) is 6.45. The van der Waals surface area contributed by atoms with Crippen molar-refractivity contribution in [1.82, 2.24) is 0 Å². The van der Waals surface area contributed by atoms with Gasteiger partial charge >= 0.3 is 5.97 Å². The monoisotopic (exact) mass is 382 g/mol. The first-order valence-corrected chi connectivity index (χ1v) is 7.51. The molecule has 0 fully saturated rings. The second-order valence-electron chi connectivity index (χ2n) is 4.87. The third kappa shape index (κ3) is 5.71. The standard InChI is InChI=1S/C16H12ClFN2O6/c17-10-4-5-13(14(6-10)20(23)24)19-15(21)8-26-16(22)9-25-12-3-1-2-11(18)7-12/h1-7H,8-9H2,(H,19,21). The molecule has 0 radical (unpaired) electrons. The molecule has 1 amide bonds. The fourth-order valence-electron chi connectivity index (χ4n) is 1.83. The van der Waals surface area contributed by atoms with E-state index in [0.29, 0.717) is 0 Å². The predicted molar refractivity (Wildman–Crippen MR) is 89.6 cm³/mol. The molecule has 8 nitrogen and oxygen atoms in total. The smallest absolute Gasteiger partial charge is 0.344 e. The number of esters is 1. The summed E-state index contributed by atoms with van der Waals surface area (Å²) in [6.07, 6.45) is 0.